The third kappa shape index (κ3) is 5.78. The van der Waals surface area contributed by atoms with E-state index in [0.717, 1.165) is 5.56 Å². The third-order valence-corrected chi connectivity index (χ3v) is 3.10. The van der Waals surface area contributed by atoms with Crippen molar-refractivity contribution in [3.05, 3.63) is 28.8 Å². The highest BCUT2D eigenvalue weighted by Crippen LogP contribution is 2.27. The van der Waals surface area contributed by atoms with Crippen molar-refractivity contribution >= 4 is 11.6 Å². The monoisotopic (exact) mass is 287 g/mol. The fraction of sp³-hybridized carbons (Fsp3) is 0.571. The highest BCUT2D eigenvalue weighted by atomic mass is 35.5. The molecule has 1 unspecified atom stereocenters. The van der Waals surface area contributed by atoms with Crippen LogP contribution in [0, 0.1) is 0 Å². The van der Waals surface area contributed by atoms with Gasteiger partial charge >= 0.3 is 0 Å². The van der Waals surface area contributed by atoms with Gasteiger partial charge in [0.15, 0.2) is 0 Å². The van der Waals surface area contributed by atoms with Crippen LogP contribution in [0.3, 0.4) is 0 Å². The Morgan fingerprint density at radius 2 is 1.95 bits per heavy atom. The van der Waals surface area contributed by atoms with Gasteiger partial charge in [-0.1, -0.05) is 17.7 Å². The summed E-state index contributed by atoms with van der Waals surface area (Å²) in [6.45, 7) is 4.25. The molecule has 1 rings (SSSR count). The third-order valence-electron chi connectivity index (χ3n) is 2.81. The Morgan fingerprint density at radius 3 is 2.58 bits per heavy atom. The normalized spacial score (nSPS) is 12.4. The van der Waals surface area contributed by atoms with E-state index in [0.29, 0.717) is 37.2 Å². The van der Waals surface area contributed by atoms with Crippen molar-refractivity contribution in [1.29, 1.82) is 0 Å². The smallest absolute Gasteiger partial charge is 0.138 e. The molecule has 0 amide bonds. The number of ether oxygens (including phenoxy) is 3. The quantitative estimate of drug-likeness (QED) is 0.709. The average molecular weight is 288 g/mol. The van der Waals surface area contributed by atoms with Crippen LogP contribution in [-0.4, -0.2) is 40.6 Å². The van der Waals surface area contributed by atoms with E-state index in [4.69, 9.17) is 25.8 Å². The lowest BCUT2D eigenvalue weighted by atomic mass is 10.1. The predicted molar refractivity (Wildman–Crippen MR) is 77.1 cm³/mol. The minimum atomic E-state index is 0.268. The number of nitrogens with one attached hydrogen (secondary N) is 1. The molecule has 0 bridgehead atoms. The highest BCUT2D eigenvalue weighted by Gasteiger charge is 2.07. The summed E-state index contributed by atoms with van der Waals surface area (Å²) in [4.78, 5) is 0. The largest absolute Gasteiger partial charge is 0.490 e. The van der Waals surface area contributed by atoms with Gasteiger partial charge in [-0.05, 0) is 31.7 Å². The summed E-state index contributed by atoms with van der Waals surface area (Å²) in [5.41, 5.74) is 1.14. The van der Waals surface area contributed by atoms with Crippen molar-refractivity contribution in [2.45, 2.75) is 13.0 Å². The Morgan fingerprint density at radius 1 is 1.21 bits per heavy atom. The first kappa shape index (κ1) is 16.2. The van der Waals surface area contributed by atoms with Crippen LogP contribution in [-0.2, 0) is 9.47 Å². The van der Waals surface area contributed by atoms with Crippen molar-refractivity contribution < 1.29 is 14.2 Å². The summed E-state index contributed by atoms with van der Waals surface area (Å²) < 4.78 is 15.8. The molecule has 0 saturated carbocycles. The van der Waals surface area contributed by atoms with E-state index < -0.39 is 0 Å². The fourth-order valence-electron chi connectivity index (χ4n) is 1.53. The summed E-state index contributed by atoms with van der Waals surface area (Å²) in [5, 5.41) is 3.79. The van der Waals surface area contributed by atoms with Gasteiger partial charge < -0.3 is 19.5 Å². The van der Waals surface area contributed by atoms with Gasteiger partial charge in [0.2, 0.25) is 0 Å². The minimum absolute atomic E-state index is 0.268. The first-order valence-corrected chi connectivity index (χ1v) is 6.73. The molecule has 0 spiro atoms. The van der Waals surface area contributed by atoms with E-state index in [1.165, 1.54) is 0 Å². The first-order chi connectivity index (χ1) is 9.19. The standard InChI is InChI=1S/C14H22ClNO3/c1-11(16-2)12-4-5-14(13(15)10-12)19-9-8-18-7-6-17-3/h4-5,10-11,16H,6-9H2,1-3H3. The molecule has 0 aliphatic heterocycles. The zero-order chi connectivity index (χ0) is 14.1. The molecule has 4 nitrogen and oxygen atoms in total. The number of hydrogen-bond acceptors (Lipinski definition) is 4. The molecule has 1 aromatic carbocycles. The Balaban J connectivity index is 2.38. The summed E-state index contributed by atoms with van der Waals surface area (Å²) in [5.74, 6) is 0.684. The molecule has 19 heavy (non-hydrogen) atoms. The van der Waals surface area contributed by atoms with Gasteiger partial charge in [0.05, 0.1) is 24.8 Å². The van der Waals surface area contributed by atoms with Crippen molar-refractivity contribution in [2.24, 2.45) is 0 Å². The van der Waals surface area contributed by atoms with Gasteiger partial charge in [0, 0.05) is 13.2 Å². The molecule has 1 N–H and O–H groups in total. The molecule has 0 fully saturated rings. The lowest BCUT2D eigenvalue weighted by molar-refractivity contribution is 0.0544. The Bertz CT molecular complexity index is 374. The lowest BCUT2D eigenvalue weighted by Crippen LogP contribution is -2.12. The van der Waals surface area contributed by atoms with E-state index in [9.17, 15) is 0 Å². The minimum Gasteiger partial charge on any atom is -0.490 e. The zero-order valence-corrected chi connectivity index (χ0v) is 12.5. The highest BCUT2D eigenvalue weighted by molar-refractivity contribution is 6.32. The number of hydrogen-bond donors (Lipinski definition) is 1. The van der Waals surface area contributed by atoms with Crippen LogP contribution in [0.25, 0.3) is 0 Å². The Kier molecular flexibility index (Phi) is 7.82. The predicted octanol–water partition coefficient (Wildman–Crippen LogP) is 2.66. The van der Waals surface area contributed by atoms with Crippen LogP contribution < -0.4 is 10.1 Å². The summed E-state index contributed by atoms with van der Waals surface area (Å²) in [6.07, 6.45) is 0. The zero-order valence-electron chi connectivity index (χ0n) is 11.7. The summed E-state index contributed by atoms with van der Waals surface area (Å²) in [6, 6.07) is 6.09. The van der Waals surface area contributed by atoms with Gasteiger partial charge in [-0.2, -0.15) is 0 Å². The van der Waals surface area contributed by atoms with Crippen molar-refractivity contribution in [3.8, 4) is 5.75 Å². The molecular weight excluding hydrogens is 266 g/mol. The second kappa shape index (κ2) is 9.15. The second-order valence-electron chi connectivity index (χ2n) is 4.15. The summed E-state index contributed by atoms with van der Waals surface area (Å²) >= 11 is 6.18. The molecule has 0 saturated heterocycles. The van der Waals surface area contributed by atoms with Gasteiger partial charge in [0.1, 0.15) is 12.4 Å². The van der Waals surface area contributed by atoms with Crippen LogP contribution in [0.15, 0.2) is 18.2 Å². The van der Waals surface area contributed by atoms with Crippen LogP contribution in [0.4, 0.5) is 0 Å². The van der Waals surface area contributed by atoms with Crippen molar-refractivity contribution in [2.75, 3.05) is 40.6 Å². The van der Waals surface area contributed by atoms with Crippen LogP contribution in [0.1, 0.15) is 18.5 Å². The first-order valence-electron chi connectivity index (χ1n) is 6.35. The maximum atomic E-state index is 6.18. The van der Waals surface area contributed by atoms with Gasteiger partial charge in [-0.15, -0.1) is 0 Å². The van der Waals surface area contributed by atoms with E-state index >= 15 is 0 Å². The molecule has 1 aromatic rings. The second-order valence-corrected chi connectivity index (χ2v) is 4.56. The number of methoxy groups -OCH3 is 1. The van der Waals surface area contributed by atoms with Crippen LogP contribution in [0.2, 0.25) is 5.02 Å². The SMILES string of the molecule is CNC(C)c1ccc(OCCOCCOC)c(Cl)c1. The average Bonchev–Trinajstić information content (AvgIpc) is 2.43. The maximum absolute atomic E-state index is 6.18. The number of halogens is 1. The molecule has 0 aromatic heterocycles. The molecule has 1 atom stereocenters. The number of rotatable bonds is 9. The van der Waals surface area contributed by atoms with E-state index in [1.54, 1.807) is 7.11 Å². The molecule has 0 aliphatic rings. The van der Waals surface area contributed by atoms with Gasteiger partial charge in [-0.3, -0.25) is 0 Å². The van der Waals surface area contributed by atoms with Gasteiger partial charge in [0.25, 0.3) is 0 Å². The van der Waals surface area contributed by atoms with E-state index in [2.05, 4.69) is 12.2 Å². The lowest BCUT2D eigenvalue weighted by Gasteiger charge is -2.13. The topological polar surface area (TPSA) is 39.7 Å². The van der Waals surface area contributed by atoms with E-state index in [1.807, 2.05) is 25.2 Å². The van der Waals surface area contributed by atoms with Gasteiger partial charge in [-0.25, -0.2) is 0 Å². The molecule has 0 heterocycles. The van der Waals surface area contributed by atoms with Crippen LogP contribution >= 0.6 is 11.6 Å². The molecule has 0 aliphatic carbocycles. The van der Waals surface area contributed by atoms with E-state index in [-0.39, 0.29) is 6.04 Å². The molecule has 0 radical (unpaired) electrons. The Labute approximate surface area is 120 Å². The number of benzene rings is 1. The molecule has 108 valence electrons. The molecule has 5 heteroatoms. The maximum Gasteiger partial charge on any atom is 0.138 e. The Hall–Kier alpha value is -0.810. The van der Waals surface area contributed by atoms with Crippen molar-refractivity contribution in [1.82, 2.24) is 5.32 Å². The summed E-state index contributed by atoms with van der Waals surface area (Å²) in [7, 11) is 3.56. The van der Waals surface area contributed by atoms with Crippen molar-refractivity contribution in [3.63, 3.8) is 0 Å². The van der Waals surface area contributed by atoms with Crippen LogP contribution in [0.5, 0.6) is 5.75 Å². The molecular formula is C14H22ClNO3. The fourth-order valence-corrected chi connectivity index (χ4v) is 1.77.